The molecule has 0 bridgehead atoms. The van der Waals surface area contributed by atoms with E-state index >= 15 is 0 Å². The molecule has 0 fully saturated rings. The molecule has 0 aliphatic rings. The summed E-state index contributed by atoms with van der Waals surface area (Å²) in [6.45, 7) is 1.38. The highest BCUT2D eigenvalue weighted by molar-refractivity contribution is 5.73. The fourth-order valence-corrected chi connectivity index (χ4v) is 0.483. The van der Waals surface area contributed by atoms with E-state index in [0.717, 1.165) is 0 Å². The van der Waals surface area contributed by atoms with Crippen LogP contribution < -0.4 is 5.73 Å². The average molecular weight is 151 g/mol. The summed E-state index contributed by atoms with van der Waals surface area (Å²) < 4.78 is 24.6. The van der Waals surface area contributed by atoms with Crippen LogP contribution in [-0.2, 0) is 4.79 Å². The van der Waals surface area contributed by atoms with Crippen molar-refractivity contribution in [1.29, 1.82) is 0 Å². The number of rotatable bonds is 4. The van der Waals surface area contributed by atoms with Crippen molar-refractivity contribution < 1.29 is 13.6 Å². The van der Waals surface area contributed by atoms with Gasteiger partial charge in [0.2, 0.25) is 11.8 Å². The van der Waals surface area contributed by atoms with Crippen molar-refractivity contribution in [2.75, 3.05) is 0 Å². The molecule has 60 valence electrons. The second-order valence-electron chi connectivity index (χ2n) is 2.18. The van der Waals surface area contributed by atoms with Crippen molar-refractivity contribution in [2.45, 2.75) is 32.1 Å². The van der Waals surface area contributed by atoms with Gasteiger partial charge in [-0.25, -0.2) is 8.78 Å². The number of amides is 1. The van der Waals surface area contributed by atoms with Gasteiger partial charge in [0.05, 0.1) is 0 Å². The Balaban J connectivity index is 3.56. The van der Waals surface area contributed by atoms with Gasteiger partial charge in [0.25, 0.3) is 0 Å². The van der Waals surface area contributed by atoms with Crippen LogP contribution >= 0.6 is 0 Å². The molecule has 0 rings (SSSR count). The Morgan fingerprint density at radius 3 is 2.40 bits per heavy atom. The van der Waals surface area contributed by atoms with Crippen LogP contribution in [0.15, 0.2) is 0 Å². The Morgan fingerprint density at radius 1 is 1.60 bits per heavy atom. The second-order valence-corrected chi connectivity index (χ2v) is 2.18. The van der Waals surface area contributed by atoms with E-state index in [9.17, 15) is 13.6 Å². The third kappa shape index (κ3) is 4.23. The summed E-state index contributed by atoms with van der Waals surface area (Å²) in [7, 11) is 0. The zero-order valence-corrected chi connectivity index (χ0v) is 5.86. The number of halogens is 2. The molecule has 0 aromatic rings. The molecule has 0 radical (unpaired) electrons. The number of nitrogens with two attached hydrogens (primary N) is 1. The molecular weight excluding hydrogens is 140 g/mol. The van der Waals surface area contributed by atoms with E-state index in [1.54, 1.807) is 0 Å². The SMILES string of the molecule is CCC(F)(F)CCC(N)=O. The lowest BCUT2D eigenvalue weighted by atomic mass is 10.1. The summed E-state index contributed by atoms with van der Waals surface area (Å²) in [6, 6.07) is 0. The van der Waals surface area contributed by atoms with Crippen molar-refractivity contribution in [3.05, 3.63) is 0 Å². The first kappa shape index (κ1) is 9.33. The zero-order chi connectivity index (χ0) is 8.20. The fourth-order valence-electron chi connectivity index (χ4n) is 0.483. The third-order valence-electron chi connectivity index (χ3n) is 1.25. The van der Waals surface area contributed by atoms with E-state index in [-0.39, 0.29) is 12.8 Å². The highest BCUT2D eigenvalue weighted by Gasteiger charge is 2.25. The van der Waals surface area contributed by atoms with Gasteiger partial charge in [-0.3, -0.25) is 4.79 Å². The van der Waals surface area contributed by atoms with Crippen LogP contribution in [0.4, 0.5) is 8.78 Å². The van der Waals surface area contributed by atoms with E-state index < -0.39 is 18.3 Å². The Hall–Kier alpha value is -0.670. The normalized spacial score (nSPS) is 11.5. The standard InChI is InChI=1S/C6H11F2NO/c1-2-6(7,8)4-3-5(9)10/h2-4H2,1H3,(H2,9,10). The molecule has 2 N–H and O–H groups in total. The quantitative estimate of drug-likeness (QED) is 0.646. The van der Waals surface area contributed by atoms with Crippen molar-refractivity contribution in [2.24, 2.45) is 5.73 Å². The maximum atomic E-state index is 12.3. The highest BCUT2D eigenvalue weighted by Crippen LogP contribution is 2.23. The molecule has 0 saturated heterocycles. The van der Waals surface area contributed by atoms with E-state index in [2.05, 4.69) is 5.73 Å². The summed E-state index contributed by atoms with van der Waals surface area (Å²) >= 11 is 0. The smallest absolute Gasteiger partial charge is 0.248 e. The first-order chi connectivity index (χ1) is 4.48. The first-order valence-corrected chi connectivity index (χ1v) is 3.14. The van der Waals surface area contributed by atoms with Gasteiger partial charge in [-0.05, 0) is 0 Å². The predicted molar refractivity (Wildman–Crippen MR) is 33.7 cm³/mol. The molecule has 2 nitrogen and oxygen atoms in total. The van der Waals surface area contributed by atoms with E-state index in [4.69, 9.17) is 0 Å². The first-order valence-electron chi connectivity index (χ1n) is 3.14. The molecule has 10 heavy (non-hydrogen) atoms. The molecule has 0 aliphatic heterocycles. The summed E-state index contributed by atoms with van der Waals surface area (Å²) in [5, 5.41) is 0. The minimum Gasteiger partial charge on any atom is -0.370 e. The molecule has 1 amide bonds. The average Bonchev–Trinajstić information content (AvgIpc) is 1.85. The van der Waals surface area contributed by atoms with Gasteiger partial charge in [-0.15, -0.1) is 0 Å². The topological polar surface area (TPSA) is 43.1 Å². The summed E-state index contributed by atoms with van der Waals surface area (Å²) in [5.41, 5.74) is 4.68. The molecule has 0 unspecified atom stereocenters. The second kappa shape index (κ2) is 3.49. The number of carbonyl (C=O) groups is 1. The highest BCUT2D eigenvalue weighted by atomic mass is 19.3. The molecule has 0 spiro atoms. The maximum Gasteiger partial charge on any atom is 0.248 e. The Bertz CT molecular complexity index is 125. The van der Waals surface area contributed by atoms with E-state index in [1.165, 1.54) is 6.92 Å². The van der Waals surface area contributed by atoms with Gasteiger partial charge < -0.3 is 5.73 Å². The largest absolute Gasteiger partial charge is 0.370 e. The van der Waals surface area contributed by atoms with Gasteiger partial charge in [-0.2, -0.15) is 0 Å². The number of primary amides is 1. The van der Waals surface area contributed by atoms with Crippen molar-refractivity contribution >= 4 is 5.91 Å². The molecule has 0 saturated carbocycles. The van der Waals surface area contributed by atoms with Crippen LogP contribution in [0.5, 0.6) is 0 Å². The predicted octanol–water partition coefficient (Wildman–Crippen LogP) is 1.30. The lowest BCUT2D eigenvalue weighted by molar-refractivity contribution is -0.120. The summed E-state index contributed by atoms with van der Waals surface area (Å²) in [6.07, 6.45) is -0.903. The van der Waals surface area contributed by atoms with Crippen LogP contribution in [0, 0.1) is 0 Å². The molecule has 0 aliphatic carbocycles. The molecular formula is C6H11F2NO. The van der Waals surface area contributed by atoms with Gasteiger partial charge in [-0.1, -0.05) is 6.92 Å². The molecule has 0 aromatic carbocycles. The monoisotopic (exact) mass is 151 g/mol. The van der Waals surface area contributed by atoms with Crippen LogP contribution in [-0.4, -0.2) is 11.8 Å². The molecule has 0 heterocycles. The van der Waals surface area contributed by atoms with Crippen LogP contribution in [0.25, 0.3) is 0 Å². The van der Waals surface area contributed by atoms with Crippen molar-refractivity contribution in [3.63, 3.8) is 0 Å². The number of hydrogen-bond acceptors (Lipinski definition) is 1. The zero-order valence-electron chi connectivity index (χ0n) is 5.86. The number of hydrogen-bond donors (Lipinski definition) is 1. The number of alkyl halides is 2. The summed E-state index contributed by atoms with van der Waals surface area (Å²) in [4.78, 5) is 10.1. The third-order valence-corrected chi connectivity index (χ3v) is 1.25. The van der Waals surface area contributed by atoms with Crippen molar-refractivity contribution in [1.82, 2.24) is 0 Å². The van der Waals surface area contributed by atoms with Crippen molar-refractivity contribution in [3.8, 4) is 0 Å². The molecule has 0 aromatic heterocycles. The maximum absolute atomic E-state index is 12.3. The Kier molecular flexibility index (Phi) is 3.25. The van der Waals surface area contributed by atoms with Gasteiger partial charge in [0.15, 0.2) is 0 Å². The minimum atomic E-state index is -2.73. The van der Waals surface area contributed by atoms with Gasteiger partial charge in [0, 0.05) is 19.3 Å². The Labute approximate surface area is 58.4 Å². The van der Waals surface area contributed by atoms with Crippen LogP contribution in [0.3, 0.4) is 0 Å². The van der Waals surface area contributed by atoms with E-state index in [0.29, 0.717) is 0 Å². The molecule has 0 atom stereocenters. The van der Waals surface area contributed by atoms with E-state index in [1.807, 2.05) is 0 Å². The Morgan fingerprint density at radius 2 is 2.10 bits per heavy atom. The van der Waals surface area contributed by atoms with Crippen LogP contribution in [0.2, 0.25) is 0 Å². The lowest BCUT2D eigenvalue weighted by Gasteiger charge is -2.11. The minimum absolute atomic E-state index is 0.235. The molecule has 4 heteroatoms. The van der Waals surface area contributed by atoms with Gasteiger partial charge in [0.1, 0.15) is 0 Å². The number of carbonyl (C=O) groups excluding carboxylic acids is 1. The summed E-state index contributed by atoms with van der Waals surface area (Å²) in [5.74, 6) is -3.40. The van der Waals surface area contributed by atoms with Gasteiger partial charge >= 0.3 is 0 Å². The lowest BCUT2D eigenvalue weighted by Crippen LogP contribution is -2.19. The fraction of sp³-hybridized carbons (Fsp3) is 0.833. The van der Waals surface area contributed by atoms with Crippen LogP contribution in [0.1, 0.15) is 26.2 Å².